The van der Waals surface area contributed by atoms with E-state index in [1.807, 2.05) is 18.2 Å². The van der Waals surface area contributed by atoms with E-state index < -0.39 is 0 Å². The molecule has 0 aliphatic carbocycles. The maximum Gasteiger partial charge on any atom is 0.176 e. The molecular formula is C12H11N5O. The minimum atomic E-state index is 0.316. The minimum Gasteiger partial charge on any atom is -0.486 e. The number of benzene rings is 1. The Morgan fingerprint density at radius 3 is 3.06 bits per heavy atom. The summed E-state index contributed by atoms with van der Waals surface area (Å²) in [6.07, 6.45) is 3.33. The van der Waals surface area contributed by atoms with E-state index in [4.69, 9.17) is 10.5 Å². The number of nitrogen functional groups attached to an aromatic ring is 1. The van der Waals surface area contributed by atoms with Gasteiger partial charge in [-0.25, -0.2) is 4.98 Å². The SMILES string of the molecule is Nc1cccc(OCc2nnc3ccncn23)c1. The van der Waals surface area contributed by atoms with Crippen LogP contribution in [-0.4, -0.2) is 19.6 Å². The van der Waals surface area contributed by atoms with E-state index in [0.717, 1.165) is 5.65 Å². The molecule has 90 valence electrons. The van der Waals surface area contributed by atoms with E-state index in [9.17, 15) is 0 Å². The summed E-state index contributed by atoms with van der Waals surface area (Å²) in [5.41, 5.74) is 7.09. The molecular weight excluding hydrogens is 230 g/mol. The quantitative estimate of drug-likeness (QED) is 0.699. The van der Waals surface area contributed by atoms with Gasteiger partial charge in [0.05, 0.1) is 0 Å². The second kappa shape index (κ2) is 4.33. The number of rotatable bonds is 3. The predicted molar refractivity (Wildman–Crippen MR) is 66.0 cm³/mol. The Bertz CT molecular complexity index is 679. The van der Waals surface area contributed by atoms with Crippen LogP contribution in [0.3, 0.4) is 0 Å². The monoisotopic (exact) mass is 241 g/mol. The van der Waals surface area contributed by atoms with Gasteiger partial charge in [0, 0.05) is 24.0 Å². The molecule has 1 aromatic carbocycles. The number of hydrogen-bond acceptors (Lipinski definition) is 5. The summed E-state index contributed by atoms with van der Waals surface area (Å²) in [6, 6.07) is 9.05. The van der Waals surface area contributed by atoms with Crippen molar-refractivity contribution in [3.8, 4) is 5.75 Å². The fourth-order valence-corrected chi connectivity index (χ4v) is 1.64. The van der Waals surface area contributed by atoms with E-state index in [2.05, 4.69) is 15.2 Å². The summed E-state index contributed by atoms with van der Waals surface area (Å²) in [5.74, 6) is 1.40. The van der Waals surface area contributed by atoms with Crippen LogP contribution < -0.4 is 10.5 Å². The van der Waals surface area contributed by atoms with E-state index >= 15 is 0 Å². The van der Waals surface area contributed by atoms with Gasteiger partial charge in [-0.15, -0.1) is 10.2 Å². The molecule has 0 aliphatic rings. The lowest BCUT2D eigenvalue weighted by Crippen LogP contribution is -2.01. The number of fused-ring (bicyclic) bond motifs is 1. The summed E-state index contributed by atoms with van der Waals surface area (Å²) < 4.78 is 7.39. The van der Waals surface area contributed by atoms with Crippen molar-refractivity contribution in [3.63, 3.8) is 0 Å². The molecule has 3 aromatic rings. The van der Waals surface area contributed by atoms with Crippen LogP contribution in [0.15, 0.2) is 42.9 Å². The molecule has 3 rings (SSSR count). The van der Waals surface area contributed by atoms with Gasteiger partial charge in [0.25, 0.3) is 0 Å². The van der Waals surface area contributed by atoms with Crippen molar-refractivity contribution >= 4 is 11.3 Å². The molecule has 2 aromatic heterocycles. The molecule has 2 N–H and O–H groups in total. The van der Waals surface area contributed by atoms with Gasteiger partial charge in [0.1, 0.15) is 18.7 Å². The standard InChI is InChI=1S/C12H11N5O/c13-9-2-1-3-10(6-9)18-7-12-16-15-11-4-5-14-8-17(11)12/h1-6,8H,7,13H2. The van der Waals surface area contributed by atoms with E-state index in [0.29, 0.717) is 23.9 Å². The average Bonchev–Trinajstić information content (AvgIpc) is 2.80. The van der Waals surface area contributed by atoms with E-state index in [-0.39, 0.29) is 0 Å². The summed E-state index contributed by atoms with van der Waals surface area (Å²) >= 11 is 0. The van der Waals surface area contributed by atoms with Gasteiger partial charge in [-0.2, -0.15) is 0 Å². The molecule has 0 amide bonds. The third-order valence-corrected chi connectivity index (χ3v) is 2.51. The summed E-state index contributed by atoms with van der Waals surface area (Å²) in [6.45, 7) is 0.316. The summed E-state index contributed by atoms with van der Waals surface area (Å²) in [4.78, 5) is 4.02. The molecule has 0 saturated heterocycles. The zero-order valence-corrected chi connectivity index (χ0v) is 9.52. The van der Waals surface area contributed by atoms with Crippen LogP contribution >= 0.6 is 0 Å². The number of hydrogen-bond donors (Lipinski definition) is 1. The van der Waals surface area contributed by atoms with Gasteiger partial charge in [0.2, 0.25) is 0 Å². The Morgan fingerprint density at radius 1 is 1.22 bits per heavy atom. The van der Waals surface area contributed by atoms with Crippen LogP contribution in [0.5, 0.6) is 5.75 Å². The molecule has 0 saturated carbocycles. The zero-order valence-electron chi connectivity index (χ0n) is 9.52. The van der Waals surface area contributed by atoms with E-state index in [1.165, 1.54) is 0 Å². The molecule has 2 heterocycles. The van der Waals surface area contributed by atoms with Gasteiger partial charge >= 0.3 is 0 Å². The molecule has 0 fully saturated rings. The number of nitrogens with zero attached hydrogens (tertiary/aromatic N) is 4. The Hall–Kier alpha value is -2.63. The molecule has 0 bridgehead atoms. The van der Waals surface area contributed by atoms with Crippen molar-refractivity contribution in [2.75, 3.05) is 5.73 Å². The van der Waals surface area contributed by atoms with Crippen molar-refractivity contribution in [1.29, 1.82) is 0 Å². The van der Waals surface area contributed by atoms with Gasteiger partial charge < -0.3 is 10.5 Å². The zero-order chi connectivity index (χ0) is 12.4. The first kappa shape index (κ1) is 10.5. The second-order valence-corrected chi connectivity index (χ2v) is 3.79. The van der Waals surface area contributed by atoms with Crippen molar-refractivity contribution in [2.24, 2.45) is 0 Å². The predicted octanol–water partition coefficient (Wildman–Crippen LogP) is 1.29. The highest BCUT2D eigenvalue weighted by molar-refractivity contribution is 5.43. The third kappa shape index (κ3) is 1.95. The Kier molecular flexibility index (Phi) is 2.53. The highest BCUT2D eigenvalue weighted by Crippen LogP contribution is 2.15. The largest absolute Gasteiger partial charge is 0.486 e. The van der Waals surface area contributed by atoms with Crippen LogP contribution in [0.1, 0.15) is 5.82 Å². The van der Waals surface area contributed by atoms with Crippen LogP contribution in [0, 0.1) is 0 Å². The third-order valence-electron chi connectivity index (χ3n) is 2.51. The molecule has 0 aliphatic heterocycles. The first-order valence-electron chi connectivity index (χ1n) is 5.45. The molecule has 0 radical (unpaired) electrons. The smallest absolute Gasteiger partial charge is 0.176 e. The Labute approximate surface area is 103 Å². The van der Waals surface area contributed by atoms with Crippen molar-refractivity contribution in [3.05, 3.63) is 48.7 Å². The fraction of sp³-hybridized carbons (Fsp3) is 0.0833. The highest BCUT2D eigenvalue weighted by atomic mass is 16.5. The van der Waals surface area contributed by atoms with Gasteiger partial charge in [-0.3, -0.25) is 4.40 Å². The maximum atomic E-state index is 5.67. The number of aromatic nitrogens is 4. The van der Waals surface area contributed by atoms with Crippen molar-refractivity contribution in [2.45, 2.75) is 6.61 Å². The molecule has 18 heavy (non-hydrogen) atoms. The molecule has 0 atom stereocenters. The summed E-state index contributed by atoms with van der Waals surface area (Å²) in [5, 5.41) is 8.07. The van der Waals surface area contributed by atoms with Crippen LogP contribution in [0.25, 0.3) is 5.65 Å². The first-order valence-corrected chi connectivity index (χ1v) is 5.45. The fourth-order valence-electron chi connectivity index (χ4n) is 1.64. The minimum absolute atomic E-state index is 0.316. The molecule has 6 nitrogen and oxygen atoms in total. The number of anilines is 1. The number of ether oxygens (including phenoxy) is 1. The van der Waals surface area contributed by atoms with Crippen molar-refractivity contribution in [1.82, 2.24) is 19.6 Å². The molecule has 6 heteroatoms. The lowest BCUT2D eigenvalue weighted by molar-refractivity contribution is 0.294. The van der Waals surface area contributed by atoms with E-state index in [1.54, 1.807) is 29.1 Å². The normalized spacial score (nSPS) is 10.7. The van der Waals surface area contributed by atoms with Crippen LogP contribution in [0.4, 0.5) is 5.69 Å². The Morgan fingerprint density at radius 2 is 2.17 bits per heavy atom. The first-order chi connectivity index (χ1) is 8.83. The second-order valence-electron chi connectivity index (χ2n) is 3.79. The average molecular weight is 241 g/mol. The summed E-state index contributed by atoms with van der Waals surface area (Å²) in [7, 11) is 0. The topological polar surface area (TPSA) is 78.3 Å². The van der Waals surface area contributed by atoms with Crippen LogP contribution in [-0.2, 0) is 6.61 Å². The Balaban J connectivity index is 1.81. The molecule has 0 spiro atoms. The van der Waals surface area contributed by atoms with Crippen molar-refractivity contribution < 1.29 is 4.74 Å². The maximum absolute atomic E-state index is 5.67. The van der Waals surface area contributed by atoms with Gasteiger partial charge in [0.15, 0.2) is 11.5 Å². The lowest BCUT2D eigenvalue weighted by Gasteiger charge is -2.05. The molecule has 0 unspecified atom stereocenters. The van der Waals surface area contributed by atoms with Gasteiger partial charge in [-0.05, 0) is 12.1 Å². The van der Waals surface area contributed by atoms with Crippen LogP contribution in [0.2, 0.25) is 0 Å². The van der Waals surface area contributed by atoms with Gasteiger partial charge in [-0.1, -0.05) is 6.07 Å². The number of nitrogens with two attached hydrogens (primary N) is 1. The lowest BCUT2D eigenvalue weighted by atomic mass is 10.3. The highest BCUT2D eigenvalue weighted by Gasteiger charge is 2.05.